The number of benzene rings is 3. The highest BCUT2D eigenvalue weighted by molar-refractivity contribution is 6.51. The van der Waals surface area contributed by atoms with Crippen LogP contribution in [0, 0.1) is 0 Å². The molecule has 3 aromatic carbocycles. The summed E-state index contributed by atoms with van der Waals surface area (Å²) in [6.07, 6.45) is 0.00992. The van der Waals surface area contributed by atoms with Gasteiger partial charge in [-0.15, -0.1) is 0 Å². The number of nitrogens with zero attached hydrogens (tertiary/aromatic N) is 1. The van der Waals surface area contributed by atoms with Gasteiger partial charge in [-0.05, 0) is 55.8 Å². The molecule has 0 radical (unpaired) electrons. The Labute approximate surface area is 192 Å². The van der Waals surface area contributed by atoms with Gasteiger partial charge in [0, 0.05) is 17.3 Å². The van der Waals surface area contributed by atoms with Crippen LogP contribution in [0.25, 0.3) is 5.76 Å². The summed E-state index contributed by atoms with van der Waals surface area (Å²) in [7, 11) is 1.54. The quantitative estimate of drug-likeness (QED) is 0.326. The highest BCUT2D eigenvalue weighted by Crippen LogP contribution is 2.42. The summed E-state index contributed by atoms with van der Waals surface area (Å²) in [5.41, 5.74) is 1.67. The number of amides is 1. The Morgan fingerprint density at radius 1 is 0.909 bits per heavy atom. The van der Waals surface area contributed by atoms with Gasteiger partial charge in [-0.1, -0.05) is 36.4 Å². The number of aliphatic hydroxyl groups excluding tert-OH is 1. The topological polar surface area (TPSA) is 76.1 Å². The number of carbonyl (C=O) groups is 2. The van der Waals surface area contributed by atoms with Crippen molar-refractivity contribution in [2.24, 2.45) is 0 Å². The van der Waals surface area contributed by atoms with E-state index in [0.29, 0.717) is 28.3 Å². The maximum Gasteiger partial charge on any atom is 0.300 e. The maximum atomic E-state index is 13.2. The third-order valence-corrected chi connectivity index (χ3v) is 5.39. The lowest BCUT2D eigenvalue weighted by Crippen LogP contribution is -2.29. The normalized spacial score (nSPS) is 17.5. The smallest absolute Gasteiger partial charge is 0.300 e. The van der Waals surface area contributed by atoms with E-state index < -0.39 is 17.7 Å². The van der Waals surface area contributed by atoms with Crippen molar-refractivity contribution in [1.82, 2.24) is 0 Å². The fourth-order valence-electron chi connectivity index (χ4n) is 3.93. The van der Waals surface area contributed by atoms with Crippen molar-refractivity contribution in [2.75, 3.05) is 12.0 Å². The fourth-order valence-corrected chi connectivity index (χ4v) is 3.93. The molecular formula is C27H25NO5. The average Bonchev–Trinajstić information content (AvgIpc) is 3.10. The molecule has 1 N–H and O–H groups in total. The molecule has 4 rings (SSSR count). The molecule has 1 aliphatic heterocycles. The van der Waals surface area contributed by atoms with Crippen molar-refractivity contribution >= 4 is 23.1 Å². The van der Waals surface area contributed by atoms with Crippen molar-refractivity contribution in [2.45, 2.75) is 26.0 Å². The number of aliphatic hydroxyl groups is 1. The van der Waals surface area contributed by atoms with Gasteiger partial charge < -0.3 is 14.6 Å². The summed E-state index contributed by atoms with van der Waals surface area (Å²) in [6.45, 7) is 3.85. The van der Waals surface area contributed by atoms with Gasteiger partial charge in [0.1, 0.15) is 17.3 Å². The molecule has 1 saturated heterocycles. The second kappa shape index (κ2) is 9.20. The number of ether oxygens (including phenoxy) is 2. The summed E-state index contributed by atoms with van der Waals surface area (Å²) < 4.78 is 11.0. The number of Topliss-reactive ketones (excluding diaryl/α,β-unsaturated/α-hetero) is 1. The first-order valence-electron chi connectivity index (χ1n) is 10.7. The van der Waals surface area contributed by atoms with Crippen molar-refractivity contribution in [3.8, 4) is 11.5 Å². The van der Waals surface area contributed by atoms with Crippen LogP contribution in [-0.2, 0) is 9.59 Å². The highest BCUT2D eigenvalue weighted by atomic mass is 16.5. The summed E-state index contributed by atoms with van der Waals surface area (Å²) in [5, 5.41) is 11.2. The predicted molar refractivity (Wildman–Crippen MR) is 126 cm³/mol. The predicted octanol–water partition coefficient (Wildman–Crippen LogP) is 5.11. The summed E-state index contributed by atoms with van der Waals surface area (Å²) in [4.78, 5) is 27.8. The molecule has 1 fully saturated rings. The lowest BCUT2D eigenvalue weighted by Gasteiger charge is -2.25. The van der Waals surface area contributed by atoms with E-state index in [1.54, 1.807) is 48.5 Å². The van der Waals surface area contributed by atoms with E-state index in [-0.39, 0.29) is 17.4 Å². The summed E-state index contributed by atoms with van der Waals surface area (Å²) in [5.74, 6) is -0.478. The van der Waals surface area contributed by atoms with Crippen molar-refractivity contribution in [1.29, 1.82) is 0 Å². The third-order valence-electron chi connectivity index (χ3n) is 5.39. The van der Waals surface area contributed by atoms with Gasteiger partial charge in [0.25, 0.3) is 11.7 Å². The summed E-state index contributed by atoms with van der Waals surface area (Å²) in [6, 6.07) is 22.1. The Morgan fingerprint density at radius 2 is 1.61 bits per heavy atom. The molecule has 0 bridgehead atoms. The molecule has 6 heteroatoms. The van der Waals surface area contributed by atoms with E-state index in [0.717, 1.165) is 0 Å². The molecule has 1 amide bonds. The molecule has 0 aliphatic carbocycles. The Balaban J connectivity index is 1.85. The SMILES string of the molecule is COc1cccc(N2C(=O)C(=O)/C(=C(/O)c3ccc(OC(C)C)cc3)C2c2ccccc2)c1. The van der Waals surface area contributed by atoms with Gasteiger partial charge in [0.15, 0.2) is 0 Å². The first kappa shape index (κ1) is 22.1. The van der Waals surface area contributed by atoms with E-state index in [2.05, 4.69) is 0 Å². The summed E-state index contributed by atoms with van der Waals surface area (Å²) >= 11 is 0. The molecule has 3 aromatic rings. The standard InChI is InChI=1S/C27H25NO5/c1-17(2)33-21-14-12-19(13-15-21)25(29)23-24(18-8-5-4-6-9-18)28(27(31)26(23)30)20-10-7-11-22(16-20)32-3/h4-17,24,29H,1-3H3/b25-23+. The number of rotatable bonds is 6. The van der Waals surface area contributed by atoms with Crippen molar-refractivity contribution in [3.05, 3.63) is 95.6 Å². The van der Waals surface area contributed by atoms with Gasteiger partial charge in [0.05, 0.1) is 24.8 Å². The molecule has 0 aromatic heterocycles. The van der Waals surface area contributed by atoms with Gasteiger partial charge >= 0.3 is 0 Å². The van der Waals surface area contributed by atoms with Gasteiger partial charge in [0.2, 0.25) is 0 Å². The second-order valence-corrected chi connectivity index (χ2v) is 7.97. The zero-order chi connectivity index (χ0) is 23.5. The van der Waals surface area contributed by atoms with Crippen LogP contribution in [0.2, 0.25) is 0 Å². The average molecular weight is 443 g/mol. The second-order valence-electron chi connectivity index (χ2n) is 7.97. The van der Waals surface area contributed by atoms with E-state index >= 15 is 0 Å². The molecule has 0 spiro atoms. The number of carbonyl (C=O) groups excluding carboxylic acids is 2. The minimum Gasteiger partial charge on any atom is -0.507 e. The van der Waals surface area contributed by atoms with Crippen LogP contribution in [0.5, 0.6) is 11.5 Å². The number of hydrogen-bond acceptors (Lipinski definition) is 5. The molecule has 1 heterocycles. The molecule has 0 saturated carbocycles. The van der Waals surface area contributed by atoms with E-state index in [1.165, 1.54) is 12.0 Å². The zero-order valence-electron chi connectivity index (χ0n) is 18.7. The van der Waals surface area contributed by atoms with Crippen LogP contribution in [0.1, 0.15) is 31.0 Å². The Morgan fingerprint density at radius 3 is 2.24 bits per heavy atom. The molecule has 1 aliphatic rings. The van der Waals surface area contributed by atoms with Crippen LogP contribution >= 0.6 is 0 Å². The van der Waals surface area contributed by atoms with E-state index in [1.807, 2.05) is 44.2 Å². The molecule has 168 valence electrons. The Bertz CT molecular complexity index is 1200. The number of hydrogen-bond donors (Lipinski definition) is 1. The minimum atomic E-state index is -0.787. The molecule has 33 heavy (non-hydrogen) atoms. The van der Waals surface area contributed by atoms with E-state index in [9.17, 15) is 14.7 Å². The minimum absolute atomic E-state index is 0.00992. The third kappa shape index (κ3) is 4.32. The van der Waals surface area contributed by atoms with Crippen LogP contribution in [0.15, 0.2) is 84.4 Å². The lowest BCUT2D eigenvalue weighted by atomic mass is 9.95. The molecule has 6 nitrogen and oxygen atoms in total. The number of anilines is 1. The van der Waals surface area contributed by atoms with Gasteiger partial charge in [-0.25, -0.2) is 0 Å². The number of ketones is 1. The van der Waals surface area contributed by atoms with Crippen molar-refractivity contribution in [3.63, 3.8) is 0 Å². The lowest BCUT2D eigenvalue weighted by molar-refractivity contribution is -0.132. The maximum absolute atomic E-state index is 13.2. The monoisotopic (exact) mass is 443 g/mol. The van der Waals surface area contributed by atoms with E-state index in [4.69, 9.17) is 9.47 Å². The van der Waals surface area contributed by atoms with Crippen LogP contribution in [0.3, 0.4) is 0 Å². The zero-order valence-corrected chi connectivity index (χ0v) is 18.7. The molecule has 1 atom stereocenters. The molecule has 1 unspecified atom stereocenters. The first-order valence-corrected chi connectivity index (χ1v) is 10.7. The van der Waals surface area contributed by atoms with Crippen LogP contribution in [0.4, 0.5) is 5.69 Å². The number of methoxy groups -OCH3 is 1. The van der Waals surface area contributed by atoms with Crippen molar-refractivity contribution < 1.29 is 24.2 Å². The first-order chi connectivity index (χ1) is 15.9. The Kier molecular flexibility index (Phi) is 6.18. The molecular weight excluding hydrogens is 418 g/mol. The van der Waals surface area contributed by atoms with Crippen LogP contribution < -0.4 is 14.4 Å². The van der Waals surface area contributed by atoms with Gasteiger partial charge in [-0.3, -0.25) is 14.5 Å². The Hall–Kier alpha value is -4.06. The van der Waals surface area contributed by atoms with Gasteiger partial charge in [-0.2, -0.15) is 0 Å². The highest BCUT2D eigenvalue weighted by Gasteiger charge is 2.47. The van der Waals surface area contributed by atoms with Crippen LogP contribution in [-0.4, -0.2) is 30.0 Å². The largest absolute Gasteiger partial charge is 0.507 e. The fraction of sp³-hybridized carbons (Fsp3) is 0.185.